The smallest absolute Gasteiger partial charge is 0.256 e. The van der Waals surface area contributed by atoms with Gasteiger partial charge in [0.2, 0.25) is 5.95 Å². The van der Waals surface area contributed by atoms with Crippen molar-refractivity contribution in [1.29, 1.82) is 0 Å². The second-order valence-electron chi connectivity index (χ2n) is 10.2. The van der Waals surface area contributed by atoms with E-state index in [9.17, 15) is 8.78 Å². The van der Waals surface area contributed by atoms with Gasteiger partial charge in [-0.25, -0.2) is 23.3 Å². The number of pyridine rings is 1. The van der Waals surface area contributed by atoms with E-state index in [0.717, 1.165) is 17.6 Å². The maximum absolute atomic E-state index is 13.2. The maximum Gasteiger partial charge on any atom is 0.256 e. The van der Waals surface area contributed by atoms with Crippen LogP contribution in [-0.2, 0) is 6.54 Å². The molecule has 35 heavy (non-hydrogen) atoms. The Hall–Kier alpha value is -3.34. The average molecular weight is 480 g/mol. The molecule has 0 amide bonds. The highest BCUT2D eigenvalue weighted by atomic mass is 19.3. The van der Waals surface area contributed by atoms with Crippen LogP contribution >= 0.6 is 0 Å². The highest BCUT2D eigenvalue weighted by molar-refractivity contribution is 5.89. The van der Waals surface area contributed by atoms with E-state index >= 15 is 0 Å². The number of rotatable bonds is 6. The van der Waals surface area contributed by atoms with Gasteiger partial charge in [-0.2, -0.15) is 4.98 Å². The predicted molar refractivity (Wildman–Crippen MR) is 129 cm³/mol. The highest BCUT2D eigenvalue weighted by Crippen LogP contribution is 2.65. The second kappa shape index (κ2) is 7.09. The van der Waals surface area contributed by atoms with Gasteiger partial charge in [0, 0.05) is 36.9 Å². The van der Waals surface area contributed by atoms with Gasteiger partial charge < -0.3 is 15.2 Å². The zero-order valence-electron chi connectivity index (χ0n) is 19.8. The van der Waals surface area contributed by atoms with Crippen LogP contribution < -0.4 is 10.6 Å². The van der Waals surface area contributed by atoms with Crippen molar-refractivity contribution in [3.63, 3.8) is 0 Å². The normalized spacial score (nSPS) is 27.3. The van der Waals surface area contributed by atoms with Gasteiger partial charge in [0.1, 0.15) is 16.9 Å². The van der Waals surface area contributed by atoms with Crippen LogP contribution in [0.15, 0.2) is 24.4 Å². The van der Waals surface area contributed by atoms with Crippen molar-refractivity contribution in [3.05, 3.63) is 30.2 Å². The first-order chi connectivity index (χ1) is 16.9. The van der Waals surface area contributed by atoms with E-state index in [1.165, 1.54) is 17.4 Å². The lowest BCUT2D eigenvalue weighted by Crippen LogP contribution is -2.40. The second-order valence-corrected chi connectivity index (χ2v) is 10.2. The first-order valence-corrected chi connectivity index (χ1v) is 12.1. The van der Waals surface area contributed by atoms with E-state index in [1.54, 1.807) is 6.92 Å². The molecular weight excluding hydrogens is 452 g/mol. The lowest BCUT2D eigenvalue weighted by Gasteiger charge is -2.28. The van der Waals surface area contributed by atoms with Gasteiger partial charge in [-0.05, 0) is 56.8 Å². The Morgan fingerprint density at radius 3 is 2.77 bits per heavy atom. The molecule has 2 saturated carbocycles. The number of likely N-dealkylation sites (tertiary alicyclic amines) is 1. The van der Waals surface area contributed by atoms with Crippen molar-refractivity contribution in [1.82, 2.24) is 34.0 Å². The third kappa shape index (κ3) is 2.93. The highest BCUT2D eigenvalue weighted by Gasteiger charge is 2.71. The molecule has 1 aliphatic heterocycles. The van der Waals surface area contributed by atoms with Crippen LogP contribution in [0.3, 0.4) is 0 Å². The number of hydrogen-bond donors (Lipinski definition) is 2. The molecule has 3 aliphatic rings. The first kappa shape index (κ1) is 21.0. The molecule has 11 heteroatoms. The predicted octanol–water partition coefficient (Wildman–Crippen LogP) is 3.26. The molecule has 4 unspecified atom stereocenters. The number of halogens is 2. The fraction of sp³-hybridized carbons (Fsp3) is 0.500. The standard InChI is InChI=1S/C24H27F2N9/c1-12-28-17-5-4-16(29-22(17)34(12)11-18(25)26)14-6-7-35-20(14)21(27-2)31-23(32-35)30-19-13-8-24(9-15(19)24)33(3)10-13/h4-7,13,15,18-19H,8-11H2,1-3H3,(H2,27,30,31,32). The Morgan fingerprint density at radius 1 is 1.17 bits per heavy atom. The summed E-state index contributed by atoms with van der Waals surface area (Å²) in [5, 5.41) is 11.6. The average Bonchev–Trinajstić information content (AvgIpc) is 3.06. The number of hydrogen-bond acceptors (Lipinski definition) is 7. The lowest BCUT2D eigenvalue weighted by atomic mass is 10.00. The molecule has 3 fully saturated rings. The molecule has 0 aromatic carbocycles. The van der Waals surface area contributed by atoms with Crippen LogP contribution in [0.25, 0.3) is 27.9 Å². The van der Waals surface area contributed by atoms with E-state index in [-0.39, 0.29) is 0 Å². The van der Waals surface area contributed by atoms with Gasteiger partial charge in [-0.1, -0.05) is 0 Å². The molecule has 9 nitrogen and oxygen atoms in total. The summed E-state index contributed by atoms with van der Waals surface area (Å²) in [5.41, 5.74) is 3.72. The van der Waals surface area contributed by atoms with Crippen LogP contribution in [0.1, 0.15) is 18.7 Å². The molecule has 0 radical (unpaired) electrons. The van der Waals surface area contributed by atoms with E-state index in [1.807, 2.05) is 36.0 Å². The molecule has 4 aromatic rings. The Bertz CT molecular complexity index is 1470. The number of anilines is 2. The number of nitrogens with one attached hydrogen (secondary N) is 2. The molecular formula is C24H27F2N9. The Morgan fingerprint density at radius 2 is 2.03 bits per heavy atom. The van der Waals surface area contributed by atoms with E-state index in [2.05, 4.69) is 27.6 Å². The van der Waals surface area contributed by atoms with Crippen molar-refractivity contribution in [2.75, 3.05) is 31.3 Å². The van der Waals surface area contributed by atoms with Crippen LogP contribution in [0.4, 0.5) is 20.5 Å². The van der Waals surface area contributed by atoms with Gasteiger partial charge in [0.15, 0.2) is 11.5 Å². The molecule has 1 spiro atoms. The summed E-state index contributed by atoms with van der Waals surface area (Å²) in [6, 6.07) is 6.03. The molecule has 2 bridgehead atoms. The van der Waals surface area contributed by atoms with Crippen molar-refractivity contribution < 1.29 is 8.78 Å². The van der Waals surface area contributed by atoms with Crippen LogP contribution in [0.5, 0.6) is 0 Å². The summed E-state index contributed by atoms with van der Waals surface area (Å²) >= 11 is 0. The zero-order valence-corrected chi connectivity index (χ0v) is 19.8. The van der Waals surface area contributed by atoms with Crippen LogP contribution in [-0.4, -0.2) is 72.7 Å². The van der Waals surface area contributed by atoms with Gasteiger partial charge in [0.05, 0.1) is 12.2 Å². The third-order valence-electron chi connectivity index (χ3n) is 8.35. The quantitative estimate of drug-likeness (QED) is 0.439. The molecule has 5 heterocycles. The Balaban J connectivity index is 1.26. The first-order valence-electron chi connectivity index (χ1n) is 12.1. The summed E-state index contributed by atoms with van der Waals surface area (Å²) in [6.45, 7) is 2.41. The maximum atomic E-state index is 13.2. The van der Waals surface area contributed by atoms with Crippen molar-refractivity contribution >= 4 is 28.4 Å². The van der Waals surface area contributed by atoms with E-state index < -0.39 is 13.0 Å². The largest absolute Gasteiger partial charge is 0.371 e. The van der Waals surface area contributed by atoms with Crippen molar-refractivity contribution in [2.45, 2.75) is 44.3 Å². The molecule has 4 aromatic heterocycles. The lowest BCUT2D eigenvalue weighted by molar-refractivity contribution is 0.127. The fourth-order valence-corrected chi connectivity index (χ4v) is 6.69. The summed E-state index contributed by atoms with van der Waals surface area (Å²) in [4.78, 5) is 16.4. The minimum Gasteiger partial charge on any atom is -0.371 e. The van der Waals surface area contributed by atoms with Gasteiger partial charge in [0.25, 0.3) is 6.43 Å². The number of imidazole rings is 1. The number of alkyl halides is 2. The van der Waals surface area contributed by atoms with Crippen LogP contribution in [0.2, 0.25) is 0 Å². The van der Waals surface area contributed by atoms with Gasteiger partial charge in [-0.15, -0.1) is 5.10 Å². The SMILES string of the molecule is CNc1nc(NC2C3CN(C)C4(C3)CC24)nn2ccc(-c3ccc4nc(C)n(CC(F)F)c4n3)c12. The van der Waals surface area contributed by atoms with E-state index in [4.69, 9.17) is 15.1 Å². The fourth-order valence-electron chi connectivity index (χ4n) is 6.69. The van der Waals surface area contributed by atoms with Gasteiger partial charge in [-0.3, -0.25) is 4.90 Å². The summed E-state index contributed by atoms with van der Waals surface area (Å²) in [7, 11) is 4.08. The molecule has 182 valence electrons. The minimum absolute atomic E-state index is 0.401. The Kier molecular flexibility index (Phi) is 4.25. The minimum atomic E-state index is -2.48. The molecule has 2 aliphatic carbocycles. The molecule has 7 rings (SSSR count). The zero-order chi connectivity index (χ0) is 24.1. The number of fused-ring (bicyclic) bond motifs is 3. The molecule has 4 atom stereocenters. The van der Waals surface area contributed by atoms with Gasteiger partial charge >= 0.3 is 0 Å². The third-order valence-corrected chi connectivity index (χ3v) is 8.35. The monoisotopic (exact) mass is 479 g/mol. The number of aromatic nitrogens is 6. The number of piperidine rings is 1. The van der Waals surface area contributed by atoms with E-state index in [0.29, 0.717) is 57.9 Å². The molecule has 1 saturated heterocycles. The van der Waals surface area contributed by atoms with Crippen LogP contribution in [0, 0.1) is 18.8 Å². The summed E-state index contributed by atoms with van der Waals surface area (Å²) < 4.78 is 29.6. The van der Waals surface area contributed by atoms with Crippen molar-refractivity contribution in [3.8, 4) is 11.3 Å². The summed E-state index contributed by atoms with van der Waals surface area (Å²) in [5.74, 6) is 3.12. The number of aryl methyl sites for hydroxylation is 1. The topological polar surface area (TPSA) is 88.2 Å². The number of nitrogens with zero attached hydrogens (tertiary/aromatic N) is 7. The molecule has 2 N–H and O–H groups in total. The Labute approximate surface area is 200 Å². The summed E-state index contributed by atoms with van der Waals surface area (Å²) in [6.07, 6.45) is 1.92. The van der Waals surface area contributed by atoms with Crippen molar-refractivity contribution in [2.24, 2.45) is 11.8 Å².